The number of benzene rings is 6. The Morgan fingerprint density at radius 3 is 2.12 bits per heavy atom. The molecule has 5 heteroatoms. The zero-order valence-electron chi connectivity index (χ0n) is 22.2. The van der Waals surface area contributed by atoms with Crippen molar-refractivity contribution in [2.24, 2.45) is 0 Å². The number of para-hydroxylation sites is 1. The van der Waals surface area contributed by atoms with Crippen LogP contribution in [0.3, 0.4) is 0 Å². The average molecular weight is 573 g/mol. The van der Waals surface area contributed by atoms with Gasteiger partial charge in [-0.2, -0.15) is 4.98 Å². The Morgan fingerprint density at radius 1 is 0.548 bits per heavy atom. The van der Waals surface area contributed by atoms with Crippen molar-refractivity contribution < 1.29 is 4.42 Å². The predicted molar refractivity (Wildman–Crippen MR) is 180 cm³/mol. The lowest BCUT2D eigenvalue weighted by molar-refractivity contribution is 0.577. The maximum Gasteiger partial charge on any atom is 0.307 e. The van der Waals surface area contributed by atoms with Crippen molar-refractivity contribution >= 4 is 95.9 Å². The molecule has 0 saturated carbocycles. The average Bonchev–Trinajstić information content (AvgIpc) is 3.79. The molecule has 0 amide bonds. The molecule has 42 heavy (non-hydrogen) atoms. The van der Waals surface area contributed by atoms with Crippen LogP contribution in [0.1, 0.15) is 0 Å². The van der Waals surface area contributed by atoms with E-state index in [1.54, 1.807) is 0 Å². The number of thiophene rings is 2. The number of fused-ring (bicyclic) bond motifs is 11. The lowest BCUT2D eigenvalue weighted by Gasteiger charge is -2.04. The van der Waals surface area contributed by atoms with Crippen molar-refractivity contribution in [1.82, 2.24) is 9.55 Å². The Hall–Kier alpha value is -4.97. The fraction of sp³-hybridized carbons (Fsp3) is 0. The molecule has 0 N–H and O–H groups in total. The van der Waals surface area contributed by atoms with E-state index in [2.05, 4.69) is 126 Å². The van der Waals surface area contributed by atoms with Gasteiger partial charge in [0, 0.05) is 56.7 Å². The predicted octanol–water partition coefficient (Wildman–Crippen LogP) is 11.3. The minimum absolute atomic E-state index is 0.594. The van der Waals surface area contributed by atoms with Crippen LogP contribution in [-0.4, -0.2) is 9.55 Å². The third-order valence-electron chi connectivity index (χ3n) is 8.44. The van der Waals surface area contributed by atoms with Crippen LogP contribution < -0.4 is 0 Å². The highest BCUT2D eigenvalue weighted by Crippen LogP contribution is 2.46. The summed E-state index contributed by atoms with van der Waals surface area (Å²) in [6.07, 6.45) is 0. The molecule has 6 aromatic carbocycles. The molecule has 10 rings (SSSR count). The second kappa shape index (κ2) is 8.29. The molecule has 0 aliphatic rings. The molecule has 3 nitrogen and oxygen atoms in total. The molecule has 196 valence electrons. The number of oxazole rings is 1. The topological polar surface area (TPSA) is 31.0 Å². The van der Waals surface area contributed by atoms with E-state index >= 15 is 0 Å². The highest BCUT2D eigenvalue weighted by atomic mass is 32.1. The minimum atomic E-state index is 0.594. The quantitative estimate of drug-likeness (QED) is 0.206. The first-order chi connectivity index (χ1) is 20.8. The fourth-order valence-electron chi connectivity index (χ4n) is 6.58. The SMILES string of the molecule is c1ccc(-c2cc3nc(-n4c5ccccc5c5cc6sc7ccccc7c6cc54)oc3c3c2sc2ccccc23)cc1. The number of hydrogen-bond donors (Lipinski definition) is 0. The molecule has 0 fully saturated rings. The molecule has 0 aliphatic carbocycles. The van der Waals surface area contributed by atoms with E-state index in [0.717, 1.165) is 27.5 Å². The molecule has 0 bridgehead atoms. The zero-order valence-corrected chi connectivity index (χ0v) is 23.8. The Labute approximate surface area is 247 Å². The summed E-state index contributed by atoms with van der Waals surface area (Å²) in [4.78, 5) is 5.21. The van der Waals surface area contributed by atoms with E-state index < -0.39 is 0 Å². The Bertz CT molecular complexity index is 2690. The fourth-order valence-corrected chi connectivity index (χ4v) is 8.95. The smallest absolute Gasteiger partial charge is 0.307 e. The summed E-state index contributed by atoms with van der Waals surface area (Å²) < 4.78 is 14.1. The van der Waals surface area contributed by atoms with E-state index in [0.29, 0.717) is 6.01 Å². The van der Waals surface area contributed by atoms with Gasteiger partial charge in [-0.3, -0.25) is 4.57 Å². The van der Waals surface area contributed by atoms with Crippen molar-refractivity contribution in [2.75, 3.05) is 0 Å². The maximum atomic E-state index is 6.84. The van der Waals surface area contributed by atoms with E-state index in [1.807, 2.05) is 22.7 Å². The Balaban J connectivity index is 1.34. The summed E-state index contributed by atoms with van der Waals surface area (Å²) in [6, 6.07) is 43.9. The van der Waals surface area contributed by atoms with Crippen LogP contribution in [0.4, 0.5) is 0 Å². The Morgan fingerprint density at radius 2 is 1.26 bits per heavy atom. The molecule has 0 saturated heterocycles. The van der Waals surface area contributed by atoms with Gasteiger partial charge in [0.1, 0.15) is 5.52 Å². The van der Waals surface area contributed by atoms with Crippen molar-refractivity contribution in [3.05, 3.63) is 121 Å². The van der Waals surface area contributed by atoms with Gasteiger partial charge >= 0.3 is 6.01 Å². The van der Waals surface area contributed by atoms with Gasteiger partial charge in [0.25, 0.3) is 0 Å². The Kier molecular flexibility index (Phi) is 4.48. The third kappa shape index (κ3) is 3.01. The number of hydrogen-bond acceptors (Lipinski definition) is 4. The first kappa shape index (κ1) is 22.7. The van der Waals surface area contributed by atoms with E-state index in [4.69, 9.17) is 9.40 Å². The number of aromatic nitrogens is 2. The van der Waals surface area contributed by atoms with Gasteiger partial charge in [-0.05, 0) is 42.0 Å². The molecule has 0 radical (unpaired) electrons. The summed E-state index contributed by atoms with van der Waals surface area (Å²) >= 11 is 3.67. The largest absolute Gasteiger partial charge is 0.422 e. The van der Waals surface area contributed by atoms with Gasteiger partial charge in [-0.25, -0.2) is 0 Å². The lowest BCUT2D eigenvalue weighted by atomic mass is 10.0. The van der Waals surface area contributed by atoms with Gasteiger partial charge in [0.15, 0.2) is 5.58 Å². The highest BCUT2D eigenvalue weighted by Gasteiger charge is 2.22. The van der Waals surface area contributed by atoms with Crippen molar-refractivity contribution in [2.45, 2.75) is 0 Å². The molecular formula is C37H20N2OS2. The van der Waals surface area contributed by atoms with Crippen LogP contribution in [0.15, 0.2) is 126 Å². The molecule has 0 aliphatic heterocycles. The van der Waals surface area contributed by atoms with Crippen LogP contribution in [0.25, 0.3) is 90.4 Å². The van der Waals surface area contributed by atoms with Crippen LogP contribution in [0, 0.1) is 0 Å². The summed E-state index contributed by atoms with van der Waals surface area (Å²) in [5.41, 5.74) is 6.28. The molecule has 0 spiro atoms. The van der Waals surface area contributed by atoms with Crippen molar-refractivity contribution in [1.29, 1.82) is 0 Å². The molecule has 4 aromatic heterocycles. The third-order valence-corrected chi connectivity index (χ3v) is 10.8. The van der Waals surface area contributed by atoms with Crippen LogP contribution >= 0.6 is 22.7 Å². The maximum absolute atomic E-state index is 6.84. The monoisotopic (exact) mass is 572 g/mol. The van der Waals surface area contributed by atoms with Crippen LogP contribution in [0.5, 0.6) is 0 Å². The van der Waals surface area contributed by atoms with E-state index in [1.165, 1.54) is 56.9 Å². The number of nitrogens with zero attached hydrogens (tertiary/aromatic N) is 2. The lowest BCUT2D eigenvalue weighted by Crippen LogP contribution is -1.93. The van der Waals surface area contributed by atoms with Gasteiger partial charge in [0.05, 0.1) is 11.0 Å². The summed E-state index contributed by atoms with van der Waals surface area (Å²) in [6.45, 7) is 0. The minimum Gasteiger partial charge on any atom is -0.422 e. The highest BCUT2D eigenvalue weighted by molar-refractivity contribution is 7.26. The second-order valence-electron chi connectivity index (χ2n) is 10.8. The molecule has 4 heterocycles. The van der Waals surface area contributed by atoms with Crippen LogP contribution in [0.2, 0.25) is 0 Å². The zero-order chi connectivity index (χ0) is 27.4. The first-order valence-corrected chi connectivity index (χ1v) is 15.6. The standard InChI is InChI=1S/C37H20N2OS2/c1-2-10-21(11-3-1)25-18-28-35(34-24-14-6-9-17-32(24)42-36(25)34)40-37(38-28)39-29-15-7-4-12-22(29)26-20-33-27(19-30(26)39)23-13-5-8-16-31(23)41-33/h1-20H. The summed E-state index contributed by atoms with van der Waals surface area (Å²) in [5, 5.41) is 7.30. The van der Waals surface area contributed by atoms with E-state index in [-0.39, 0.29) is 0 Å². The summed E-state index contributed by atoms with van der Waals surface area (Å²) in [7, 11) is 0. The van der Waals surface area contributed by atoms with Gasteiger partial charge in [-0.15, -0.1) is 22.7 Å². The molecule has 0 unspecified atom stereocenters. The summed E-state index contributed by atoms with van der Waals surface area (Å²) in [5.74, 6) is 0. The van der Waals surface area contributed by atoms with Crippen molar-refractivity contribution in [3.8, 4) is 17.1 Å². The molecule has 0 atom stereocenters. The van der Waals surface area contributed by atoms with Crippen LogP contribution in [-0.2, 0) is 0 Å². The number of rotatable bonds is 2. The van der Waals surface area contributed by atoms with Gasteiger partial charge in [-0.1, -0.05) is 84.9 Å². The second-order valence-corrected chi connectivity index (χ2v) is 12.9. The molecular weight excluding hydrogens is 553 g/mol. The first-order valence-electron chi connectivity index (χ1n) is 14.0. The van der Waals surface area contributed by atoms with Gasteiger partial charge < -0.3 is 4.42 Å². The van der Waals surface area contributed by atoms with E-state index in [9.17, 15) is 0 Å². The van der Waals surface area contributed by atoms with Gasteiger partial charge in [0.2, 0.25) is 0 Å². The van der Waals surface area contributed by atoms with Crippen molar-refractivity contribution in [3.63, 3.8) is 0 Å². The normalized spacial score (nSPS) is 12.3. The molecule has 10 aromatic rings.